The molecule has 1 saturated carbocycles. The predicted molar refractivity (Wildman–Crippen MR) is 89.0 cm³/mol. The molecule has 1 aromatic rings. The number of halogens is 3. The minimum absolute atomic E-state index is 0.181. The number of benzene rings is 1. The van der Waals surface area contributed by atoms with E-state index in [1.807, 2.05) is 12.1 Å². The van der Waals surface area contributed by atoms with Gasteiger partial charge in [0.05, 0.1) is 15.1 Å². The predicted octanol–water partition coefficient (Wildman–Crippen LogP) is 6.12. The van der Waals surface area contributed by atoms with Crippen LogP contribution in [0, 0.1) is 11.8 Å². The average molecular weight is 335 g/mol. The summed E-state index contributed by atoms with van der Waals surface area (Å²) in [7, 11) is 0. The number of hydrogen-bond acceptors (Lipinski definition) is 1. The van der Waals surface area contributed by atoms with Crippen molar-refractivity contribution in [3.8, 4) is 0 Å². The van der Waals surface area contributed by atoms with Gasteiger partial charge in [0.15, 0.2) is 0 Å². The lowest BCUT2D eigenvalue weighted by Crippen LogP contribution is -2.34. The Morgan fingerprint density at radius 3 is 2.50 bits per heavy atom. The molecule has 1 N–H and O–H groups in total. The zero-order valence-corrected chi connectivity index (χ0v) is 14.5. The Morgan fingerprint density at radius 1 is 1.20 bits per heavy atom. The van der Waals surface area contributed by atoms with E-state index in [2.05, 4.69) is 26.1 Å². The van der Waals surface area contributed by atoms with Crippen molar-refractivity contribution in [2.45, 2.75) is 52.1 Å². The Balaban J connectivity index is 2.09. The van der Waals surface area contributed by atoms with Crippen LogP contribution in [0.15, 0.2) is 12.1 Å². The molecule has 0 bridgehead atoms. The molecule has 4 heteroatoms. The summed E-state index contributed by atoms with van der Waals surface area (Å²) < 4.78 is 0. The molecule has 20 heavy (non-hydrogen) atoms. The second-order valence-corrected chi connectivity index (χ2v) is 7.03. The van der Waals surface area contributed by atoms with Crippen LogP contribution in [0.5, 0.6) is 0 Å². The van der Waals surface area contributed by atoms with E-state index in [1.54, 1.807) is 0 Å². The van der Waals surface area contributed by atoms with E-state index in [4.69, 9.17) is 34.8 Å². The van der Waals surface area contributed by atoms with E-state index in [0.717, 1.165) is 11.5 Å². The SMILES string of the molecule is CCC1CCC(NC(C)c2ccc(Cl)c(Cl)c2Cl)C1C. The van der Waals surface area contributed by atoms with Crippen molar-refractivity contribution in [2.24, 2.45) is 11.8 Å². The third kappa shape index (κ3) is 3.27. The van der Waals surface area contributed by atoms with Gasteiger partial charge in [-0.1, -0.05) is 61.1 Å². The van der Waals surface area contributed by atoms with E-state index < -0.39 is 0 Å². The van der Waals surface area contributed by atoms with Gasteiger partial charge in [0.1, 0.15) is 0 Å². The molecule has 0 amide bonds. The van der Waals surface area contributed by atoms with Crippen molar-refractivity contribution in [2.75, 3.05) is 0 Å². The quantitative estimate of drug-likeness (QED) is 0.654. The second-order valence-electron chi connectivity index (χ2n) is 5.86. The summed E-state index contributed by atoms with van der Waals surface area (Å²) in [4.78, 5) is 0. The topological polar surface area (TPSA) is 12.0 Å². The molecule has 0 saturated heterocycles. The molecule has 0 spiro atoms. The third-order valence-corrected chi connectivity index (χ3v) is 6.05. The van der Waals surface area contributed by atoms with Gasteiger partial charge in [0.2, 0.25) is 0 Å². The monoisotopic (exact) mass is 333 g/mol. The molecule has 0 aliphatic heterocycles. The zero-order chi connectivity index (χ0) is 14.9. The minimum Gasteiger partial charge on any atom is -0.307 e. The Morgan fingerprint density at radius 2 is 1.90 bits per heavy atom. The molecule has 0 aromatic heterocycles. The fourth-order valence-electron chi connectivity index (χ4n) is 3.35. The van der Waals surface area contributed by atoms with Crippen molar-refractivity contribution >= 4 is 34.8 Å². The maximum atomic E-state index is 6.31. The molecule has 2 rings (SSSR count). The van der Waals surface area contributed by atoms with E-state index in [9.17, 15) is 0 Å². The maximum absolute atomic E-state index is 6.31. The fraction of sp³-hybridized carbons (Fsp3) is 0.625. The average Bonchev–Trinajstić information content (AvgIpc) is 2.77. The lowest BCUT2D eigenvalue weighted by atomic mass is 9.93. The van der Waals surface area contributed by atoms with E-state index in [1.165, 1.54) is 19.3 Å². The Hall–Kier alpha value is 0.0500. The molecule has 1 nitrogen and oxygen atoms in total. The fourth-order valence-corrected chi connectivity index (χ4v) is 4.05. The van der Waals surface area contributed by atoms with Crippen molar-refractivity contribution in [3.05, 3.63) is 32.8 Å². The summed E-state index contributed by atoms with van der Waals surface area (Å²) in [5.41, 5.74) is 1.02. The summed E-state index contributed by atoms with van der Waals surface area (Å²) in [5, 5.41) is 5.23. The second kappa shape index (κ2) is 6.87. The van der Waals surface area contributed by atoms with Crippen LogP contribution in [-0.4, -0.2) is 6.04 Å². The first-order chi connectivity index (χ1) is 9.45. The van der Waals surface area contributed by atoms with E-state index in [0.29, 0.717) is 27.0 Å². The van der Waals surface area contributed by atoms with Crippen LogP contribution in [0.3, 0.4) is 0 Å². The lowest BCUT2D eigenvalue weighted by Gasteiger charge is -2.26. The molecule has 1 aliphatic carbocycles. The van der Waals surface area contributed by atoms with Crippen molar-refractivity contribution in [1.82, 2.24) is 5.32 Å². The maximum Gasteiger partial charge on any atom is 0.0781 e. The Labute approximate surface area is 137 Å². The Bertz CT molecular complexity index is 475. The van der Waals surface area contributed by atoms with Crippen LogP contribution in [0.25, 0.3) is 0 Å². The van der Waals surface area contributed by atoms with Crippen molar-refractivity contribution in [3.63, 3.8) is 0 Å². The number of nitrogens with one attached hydrogen (secondary N) is 1. The molecule has 112 valence electrons. The molecule has 4 unspecified atom stereocenters. The molecule has 4 atom stereocenters. The molecular weight excluding hydrogens is 313 g/mol. The normalized spacial score (nSPS) is 27.8. The molecule has 1 aliphatic rings. The molecule has 1 aromatic carbocycles. The lowest BCUT2D eigenvalue weighted by molar-refractivity contribution is 0.327. The highest BCUT2D eigenvalue weighted by atomic mass is 35.5. The van der Waals surface area contributed by atoms with E-state index >= 15 is 0 Å². The minimum atomic E-state index is 0.181. The van der Waals surface area contributed by atoms with Gasteiger partial charge in [-0.3, -0.25) is 0 Å². The number of rotatable bonds is 4. The smallest absolute Gasteiger partial charge is 0.0781 e. The summed E-state index contributed by atoms with van der Waals surface area (Å²) in [6.07, 6.45) is 3.82. The van der Waals surface area contributed by atoms with Crippen LogP contribution in [-0.2, 0) is 0 Å². The van der Waals surface area contributed by atoms with Gasteiger partial charge in [-0.25, -0.2) is 0 Å². The first-order valence-electron chi connectivity index (χ1n) is 7.35. The van der Waals surface area contributed by atoms with Crippen LogP contribution in [0.1, 0.15) is 51.6 Å². The summed E-state index contributed by atoms with van der Waals surface area (Å²) in [5.74, 6) is 1.55. The molecule has 0 heterocycles. The van der Waals surface area contributed by atoms with Gasteiger partial charge in [0.25, 0.3) is 0 Å². The highest BCUT2D eigenvalue weighted by Crippen LogP contribution is 2.38. The summed E-state index contributed by atoms with van der Waals surface area (Å²) >= 11 is 18.4. The molecule has 0 radical (unpaired) electrons. The first kappa shape index (κ1) is 16.4. The van der Waals surface area contributed by atoms with Crippen LogP contribution in [0.2, 0.25) is 15.1 Å². The third-order valence-electron chi connectivity index (χ3n) is 4.75. The van der Waals surface area contributed by atoms with Gasteiger partial charge in [-0.2, -0.15) is 0 Å². The molecule has 1 fully saturated rings. The van der Waals surface area contributed by atoms with Crippen LogP contribution in [0.4, 0.5) is 0 Å². The highest BCUT2D eigenvalue weighted by Gasteiger charge is 2.32. The van der Waals surface area contributed by atoms with Crippen LogP contribution < -0.4 is 5.32 Å². The largest absolute Gasteiger partial charge is 0.307 e. The summed E-state index contributed by atoms with van der Waals surface area (Å²) in [6.45, 7) is 6.77. The summed E-state index contributed by atoms with van der Waals surface area (Å²) in [6, 6.07) is 4.52. The number of hydrogen-bond donors (Lipinski definition) is 1. The first-order valence-corrected chi connectivity index (χ1v) is 8.48. The van der Waals surface area contributed by atoms with Gasteiger partial charge in [-0.05, 0) is 43.2 Å². The van der Waals surface area contributed by atoms with Gasteiger partial charge >= 0.3 is 0 Å². The zero-order valence-electron chi connectivity index (χ0n) is 12.2. The Kier molecular flexibility index (Phi) is 5.64. The highest BCUT2D eigenvalue weighted by molar-refractivity contribution is 6.48. The van der Waals surface area contributed by atoms with Gasteiger partial charge in [0, 0.05) is 12.1 Å². The van der Waals surface area contributed by atoms with Crippen molar-refractivity contribution < 1.29 is 0 Å². The molecular formula is C16H22Cl3N. The van der Waals surface area contributed by atoms with Gasteiger partial charge in [-0.15, -0.1) is 0 Å². The van der Waals surface area contributed by atoms with Crippen LogP contribution >= 0.6 is 34.8 Å². The standard InChI is InChI=1S/C16H22Cl3N/c1-4-11-5-8-14(9(11)2)20-10(3)12-6-7-13(17)16(19)15(12)18/h6-7,9-11,14,20H,4-5,8H2,1-3H3. The van der Waals surface area contributed by atoms with Crippen molar-refractivity contribution in [1.29, 1.82) is 0 Å². The van der Waals surface area contributed by atoms with Gasteiger partial charge < -0.3 is 5.32 Å². The van der Waals surface area contributed by atoms with E-state index in [-0.39, 0.29) is 6.04 Å².